The smallest absolute Gasteiger partial charge is 0.298 e. The van der Waals surface area contributed by atoms with Crippen LogP contribution in [0.1, 0.15) is 10.5 Å². The molecule has 134 valence electrons. The maximum Gasteiger partial charge on any atom is 0.298 e. The fraction of sp³-hybridized carbons (Fsp3) is 0.333. The van der Waals surface area contributed by atoms with Crippen LogP contribution in [0.2, 0.25) is 0 Å². The van der Waals surface area contributed by atoms with E-state index >= 15 is 0 Å². The summed E-state index contributed by atoms with van der Waals surface area (Å²) in [7, 11) is 3.40. The molecule has 1 fully saturated rings. The normalized spacial score (nSPS) is 14.7. The van der Waals surface area contributed by atoms with Crippen molar-refractivity contribution in [2.24, 2.45) is 0 Å². The third kappa shape index (κ3) is 3.05. The van der Waals surface area contributed by atoms with Crippen molar-refractivity contribution in [3.05, 3.63) is 42.1 Å². The number of carbonyl (C=O) groups is 1. The van der Waals surface area contributed by atoms with E-state index in [9.17, 15) is 4.79 Å². The molecule has 1 saturated heterocycles. The van der Waals surface area contributed by atoms with Gasteiger partial charge in [-0.3, -0.25) is 4.79 Å². The Morgan fingerprint density at radius 1 is 1.00 bits per heavy atom. The minimum absolute atomic E-state index is 0.148. The number of hydrogen-bond acceptors (Lipinski definition) is 7. The number of piperazine rings is 1. The molecule has 8 heteroatoms. The number of para-hydroxylation sites is 2. The third-order valence-electron chi connectivity index (χ3n) is 4.43. The first-order valence-corrected chi connectivity index (χ1v) is 8.52. The molecule has 0 bridgehead atoms. The van der Waals surface area contributed by atoms with Crippen LogP contribution in [0.5, 0.6) is 0 Å². The van der Waals surface area contributed by atoms with E-state index in [1.165, 1.54) is 4.90 Å². The van der Waals surface area contributed by atoms with Gasteiger partial charge in [0, 0.05) is 40.3 Å². The van der Waals surface area contributed by atoms with Gasteiger partial charge in [0.25, 0.3) is 11.9 Å². The zero-order valence-electron chi connectivity index (χ0n) is 14.8. The molecule has 0 spiro atoms. The maximum atomic E-state index is 11.9. The van der Waals surface area contributed by atoms with Crippen molar-refractivity contribution in [2.45, 2.75) is 0 Å². The number of nitrogens with zero attached hydrogens (tertiary/aromatic N) is 6. The standard InChI is InChI=1S/C18H20N6O2/c1-22(2)17(25)14-7-8-16(21-20-14)23-9-11-24(12-10-23)18-19-13-5-3-4-6-15(13)26-18/h3-8H,9-12H2,1-2H3. The van der Waals surface area contributed by atoms with Gasteiger partial charge < -0.3 is 19.1 Å². The number of hydrogen-bond donors (Lipinski definition) is 0. The van der Waals surface area contributed by atoms with Crippen LogP contribution in [0.3, 0.4) is 0 Å². The van der Waals surface area contributed by atoms with Crippen LogP contribution < -0.4 is 9.80 Å². The van der Waals surface area contributed by atoms with Crippen LogP contribution in [-0.4, -0.2) is 66.3 Å². The van der Waals surface area contributed by atoms with Gasteiger partial charge in [-0.25, -0.2) is 0 Å². The summed E-state index contributed by atoms with van der Waals surface area (Å²) in [6.45, 7) is 3.14. The Kier molecular flexibility index (Phi) is 4.16. The van der Waals surface area contributed by atoms with E-state index in [-0.39, 0.29) is 5.91 Å². The number of oxazole rings is 1. The molecule has 0 unspecified atom stereocenters. The molecule has 1 aliphatic heterocycles. The van der Waals surface area contributed by atoms with E-state index in [0.29, 0.717) is 11.7 Å². The highest BCUT2D eigenvalue weighted by atomic mass is 16.4. The van der Waals surface area contributed by atoms with Crippen LogP contribution in [0.25, 0.3) is 11.1 Å². The van der Waals surface area contributed by atoms with Gasteiger partial charge >= 0.3 is 0 Å². The molecule has 0 saturated carbocycles. The molecule has 2 aromatic heterocycles. The van der Waals surface area contributed by atoms with Crippen LogP contribution in [0.15, 0.2) is 40.8 Å². The molecular weight excluding hydrogens is 332 g/mol. The van der Waals surface area contributed by atoms with Gasteiger partial charge in [-0.15, -0.1) is 10.2 Å². The Balaban J connectivity index is 1.42. The summed E-state index contributed by atoms with van der Waals surface area (Å²) in [4.78, 5) is 22.2. The van der Waals surface area contributed by atoms with E-state index in [1.807, 2.05) is 30.3 Å². The molecular formula is C18H20N6O2. The van der Waals surface area contributed by atoms with Crippen molar-refractivity contribution in [2.75, 3.05) is 50.1 Å². The van der Waals surface area contributed by atoms with Crippen molar-refractivity contribution in [3.63, 3.8) is 0 Å². The number of benzene rings is 1. The molecule has 26 heavy (non-hydrogen) atoms. The Hall–Kier alpha value is -3.16. The quantitative estimate of drug-likeness (QED) is 0.709. The molecule has 0 radical (unpaired) electrons. The number of fused-ring (bicyclic) bond motifs is 1. The highest BCUT2D eigenvalue weighted by molar-refractivity contribution is 5.91. The fourth-order valence-corrected chi connectivity index (χ4v) is 2.96. The Morgan fingerprint density at radius 2 is 1.73 bits per heavy atom. The molecule has 1 aliphatic rings. The second-order valence-corrected chi connectivity index (χ2v) is 6.41. The lowest BCUT2D eigenvalue weighted by atomic mass is 10.3. The maximum absolute atomic E-state index is 11.9. The average Bonchev–Trinajstić information content (AvgIpc) is 3.12. The fourth-order valence-electron chi connectivity index (χ4n) is 2.96. The monoisotopic (exact) mass is 352 g/mol. The summed E-state index contributed by atoms with van der Waals surface area (Å²) in [6, 6.07) is 12.0. The van der Waals surface area contributed by atoms with Crippen molar-refractivity contribution in [1.82, 2.24) is 20.1 Å². The van der Waals surface area contributed by atoms with E-state index < -0.39 is 0 Å². The van der Waals surface area contributed by atoms with Gasteiger partial charge in [-0.05, 0) is 24.3 Å². The first-order valence-electron chi connectivity index (χ1n) is 8.52. The van der Waals surface area contributed by atoms with Crippen LogP contribution in [0, 0.1) is 0 Å². The van der Waals surface area contributed by atoms with Gasteiger partial charge in [0.05, 0.1) is 0 Å². The first-order chi connectivity index (χ1) is 12.6. The molecule has 0 atom stereocenters. The topological polar surface area (TPSA) is 78.6 Å². The van der Waals surface area contributed by atoms with Crippen molar-refractivity contribution in [3.8, 4) is 0 Å². The SMILES string of the molecule is CN(C)C(=O)c1ccc(N2CCN(c3nc4ccccc4o3)CC2)nn1. The lowest BCUT2D eigenvalue weighted by Crippen LogP contribution is -2.47. The average molecular weight is 352 g/mol. The summed E-state index contributed by atoms with van der Waals surface area (Å²) in [5.41, 5.74) is 2.03. The van der Waals surface area contributed by atoms with Gasteiger partial charge in [0.2, 0.25) is 0 Å². The predicted octanol–water partition coefficient (Wildman–Crippen LogP) is 1.65. The molecule has 0 aliphatic carbocycles. The molecule has 4 rings (SSSR count). The minimum Gasteiger partial charge on any atom is -0.423 e. The Labute approximate surface area is 151 Å². The lowest BCUT2D eigenvalue weighted by Gasteiger charge is -2.34. The highest BCUT2D eigenvalue weighted by Crippen LogP contribution is 2.23. The zero-order chi connectivity index (χ0) is 18.1. The van der Waals surface area contributed by atoms with E-state index in [4.69, 9.17) is 4.42 Å². The summed E-state index contributed by atoms with van der Waals surface area (Å²) in [6.07, 6.45) is 0. The Bertz CT molecular complexity index is 880. The van der Waals surface area contributed by atoms with E-state index in [1.54, 1.807) is 20.2 Å². The molecule has 0 N–H and O–H groups in total. The van der Waals surface area contributed by atoms with E-state index in [0.717, 1.165) is 43.1 Å². The van der Waals surface area contributed by atoms with Crippen LogP contribution >= 0.6 is 0 Å². The second-order valence-electron chi connectivity index (χ2n) is 6.41. The summed E-state index contributed by atoms with van der Waals surface area (Å²) in [5, 5.41) is 8.26. The summed E-state index contributed by atoms with van der Waals surface area (Å²) >= 11 is 0. The van der Waals surface area contributed by atoms with Gasteiger partial charge in [0.1, 0.15) is 5.52 Å². The molecule has 8 nitrogen and oxygen atoms in total. The molecule has 1 aromatic carbocycles. The number of anilines is 2. The number of carbonyl (C=O) groups excluding carboxylic acids is 1. The summed E-state index contributed by atoms with van der Waals surface area (Å²) in [5.74, 6) is 0.627. The van der Waals surface area contributed by atoms with Crippen molar-refractivity contribution >= 4 is 28.8 Å². The molecule has 3 heterocycles. The number of aromatic nitrogens is 3. The van der Waals surface area contributed by atoms with Gasteiger partial charge in [0.15, 0.2) is 17.1 Å². The lowest BCUT2D eigenvalue weighted by molar-refractivity contribution is 0.0821. The van der Waals surface area contributed by atoms with Gasteiger partial charge in [-0.1, -0.05) is 12.1 Å². The summed E-state index contributed by atoms with van der Waals surface area (Å²) < 4.78 is 5.84. The van der Waals surface area contributed by atoms with Crippen LogP contribution in [-0.2, 0) is 0 Å². The largest absolute Gasteiger partial charge is 0.423 e. The first kappa shape index (κ1) is 16.3. The van der Waals surface area contributed by atoms with Crippen molar-refractivity contribution in [1.29, 1.82) is 0 Å². The third-order valence-corrected chi connectivity index (χ3v) is 4.43. The zero-order valence-corrected chi connectivity index (χ0v) is 14.8. The highest BCUT2D eigenvalue weighted by Gasteiger charge is 2.22. The van der Waals surface area contributed by atoms with Gasteiger partial charge in [-0.2, -0.15) is 4.98 Å². The molecule has 1 amide bonds. The second kappa shape index (κ2) is 6.62. The van der Waals surface area contributed by atoms with Crippen molar-refractivity contribution < 1.29 is 9.21 Å². The molecule has 3 aromatic rings. The predicted molar refractivity (Wildman–Crippen MR) is 98.5 cm³/mol. The van der Waals surface area contributed by atoms with E-state index in [2.05, 4.69) is 25.0 Å². The Morgan fingerprint density at radius 3 is 2.38 bits per heavy atom. The number of amides is 1. The van der Waals surface area contributed by atoms with Crippen LogP contribution in [0.4, 0.5) is 11.8 Å². The minimum atomic E-state index is -0.148. The number of rotatable bonds is 3.